The van der Waals surface area contributed by atoms with Gasteiger partial charge in [-0.15, -0.1) is 0 Å². The van der Waals surface area contributed by atoms with Crippen LogP contribution in [0.2, 0.25) is 0 Å². The highest BCUT2D eigenvalue weighted by molar-refractivity contribution is 5.54. The topological polar surface area (TPSA) is 44.8 Å². The van der Waals surface area contributed by atoms with E-state index < -0.39 is 0 Å². The third-order valence-corrected chi connectivity index (χ3v) is 4.32. The van der Waals surface area contributed by atoms with Crippen molar-refractivity contribution >= 4 is 0 Å². The fourth-order valence-corrected chi connectivity index (χ4v) is 3.08. The number of hydrogen-bond donors (Lipinski definition) is 1. The molecule has 1 atom stereocenters. The van der Waals surface area contributed by atoms with Crippen LogP contribution in [0.15, 0.2) is 24.3 Å². The minimum absolute atomic E-state index is 0.654. The molecular weight excluding hydrogens is 260 g/mol. The van der Waals surface area contributed by atoms with Crippen LogP contribution in [0, 0.1) is 12.8 Å². The number of aromatic amines is 1. The summed E-state index contributed by atoms with van der Waals surface area (Å²) in [5, 5.41) is 7.28. The van der Waals surface area contributed by atoms with Crippen molar-refractivity contribution in [3.05, 3.63) is 35.7 Å². The SMILES string of the molecule is Cc1cc(-c2cccc(C[C@@H]3CCN(C(C)C)C3)n2)n[nH]1. The Morgan fingerprint density at radius 2 is 2.19 bits per heavy atom. The van der Waals surface area contributed by atoms with Gasteiger partial charge in [0.25, 0.3) is 0 Å². The van der Waals surface area contributed by atoms with Crippen LogP contribution in [0.1, 0.15) is 31.7 Å². The van der Waals surface area contributed by atoms with Gasteiger partial charge in [0.2, 0.25) is 0 Å². The first-order chi connectivity index (χ1) is 10.1. The van der Waals surface area contributed by atoms with Crippen molar-refractivity contribution in [3.63, 3.8) is 0 Å². The van der Waals surface area contributed by atoms with Crippen molar-refractivity contribution in [1.29, 1.82) is 0 Å². The average Bonchev–Trinajstić information content (AvgIpc) is 3.08. The maximum atomic E-state index is 4.79. The maximum absolute atomic E-state index is 4.79. The predicted octanol–water partition coefficient (Wildman–Crippen LogP) is 3.05. The first-order valence-electron chi connectivity index (χ1n) is 7.84. The van der Waals surface area contributed by atoms with Gasteiger partial charge in [-0.05, 0) is 64.3 Å². The van der Waals surface area contributed by atoms with Gasteiger partial charge in [0.05, 0.1) is 5.69 Å². The monoisotopic (exact) mass is 284 g/mol. The molecule has 2 aromatic rings. The highest BCUT2D eigenvalue weighted by atomic mass is 15.2. The van der Waals surface area contributed by atoms with Crippen molar-refractivity contribution in [1.82, 2.24) is 20.1 Å². The lowest BCUT2D eigenvalue weighted by molar-refractivity contribution is 0.265. The lowest BCUT2D eigenvalue weighted by atomic mass is 10.0. The summed E-state index contributed by atoms with van der Waals surface area (Å²) in [7, 11) is 0. The summed E-state index contributed by atoms with van der Waals surface area (Å²) < 4.78 is 0. The van der Waals surface area contributed by atoms with E-state index in [-0.39, 0.29) is 0 Å². The first kappa shape index (κ1) is 14.3. The number of aromatic nitrogens is 3. The molecule has 0 amide bonds. The summed E-state index contributed by atoms with van der Waals surface area (Å²) >= 11 is 0. The van der Waals surface area contributed by atoms with Crippen LogP contribution in [-0.2, 0) is 6.42 Å². The van der Waals surface area contributed by atoms with Crippen molar-refractivity contribution < 1.29 is 0 Å². The quantitative estimate of drug-likeness (QED) is 0.938. The molecular formula is C17H24N4. The van der Waals surface area contributed by atoms with Crippen LogP contribution in [-0.4, -0.2) is 39.2 Å². The number of pyridine rings is 1. The highest BCUT2D eigenvalue weighted by Crippen LogP contribution is 2.23. The number of nitrogens with one attached hydrogen (secondary N) is 1. The Kier molecular flexibility index (Phi) is 4.06. The third-order valence-electron chi connectivity index (χ3n) is 4.32. The molecule has 4 heteroatoms. The summed E-state index contributed by atoms with van der Waals surface area (Å²) in [6, 6.07) is 8.97. The lowest BCUT2D eigenvalue weighted by Gasteiger charge is -2.20. The van der Waals surface area contributed by atoms with E-state index in [1.54, 1.807) is 0 Å². The fourth-order valence-electron chi connectivity index (χ4n) is 3.08. The van der Waals surface area contributed by atoms with Crippen molar-refractivity contribution in [3.8, 4) is 11.4 Å². The van der Waals surface area contributed by atoms with Gasteiger partial charge in [0.1, 0.15) is 5.69 Å². The van der Waals surface area contributed by atoms with Crippen LogP contribution >= 0.6 is 0 Å². The number of rotatable bonds is 4. The van der Waals surface area contributed by atoms with Gasteiger partial charge in [-0.2, -0.15) is 5.10 Å². The average molecular weight is 284 g/mol. The molecule has 3 rings (SSSR count). The van der Waals surface area contributed by atoms with Gasteiger partial charge in [0.15, 0.2) is 0 Å². The summed E-state index contributed by atoms with van der Waals surface area (Å²) in [6.07, 6.45) is 2.35. The second-order valence-corrected chi connectivity index (χ2v) is 6.40. The molecule has 0 saturated carbocycles. The zero-order valence-corrected chi connectivity index (χ0v) is 13.1. The van der Waals surface area contributed by atoms with E-state index in [0.717, 1.165) is 29.4 Å². The van der Waals surface area contributed by atoms with Crippen LogP contribution in [0.4, 0.5) is 0 Å². The molecule has 0 aliphatic carbocycles. The van der Waals surface area contributed by atoms with Crippen molar-refractivity contribution in [2.75, 3.05) is 13.1 Å². The number of likely N-dealkylation sites (tertiary alicyclic amines) is 1. The van der Waals surface area contributed by atoms with E-state index in [1.807, 2.05) is 19.1 Å². The Morgan fingerprint density at radius 1 is 1.33 bits per heavy atom. The zero-order valence-electron chi connectivity index (χ0n) is 13.1. The number of aryl methyl sites for hydroxylation is 1. The van der Waals surface area contributed by atoms with Crippen molar-refractivity contribution in [2.24, 2.45) is 5.92 Å². The maximum Gasteiger partial charge on any atom is 0.111 e. The molecule has 3 heterocycles. The van der Waals surface area contributed by atoms with Crippen molar-refractivity contribution in [2.45, 2.75) is 39.7 Å². The fraction of sp³-hybridized carbons (Fsp3) is 0.529. The predicted molar refractivity (Wildman–Crippen MR) is 85.1 cm³/mol. The molecule has 21 heavy (non-hydrogen) atoms. The first-order valence-corrected chi connectivity index (χ1v) is 7.84. The largest absolute Gasteiger partial charge is 0.301 e. The van der Waals surface area contributed by atoms with Gasteiger partial charge in [-0.25, -0.2) is 0 Å². The molecule has 1 aliphatic rings. The van der Waals surface area contributed by atoms with Gasteiger partial charge >= 0.3 is 0 Å². The molecule has 0 bridgehead atoms. The molecule has 0 unspecified atom stereocenters. The number of H-pyrrole nitrogens is 1. The molecule has 1 fully saturated rings. The van der Waals surface area contributed by atoms with E-state index in [9.17, 15) is 0 Å². The van der Waals surface area contributed by atoms with Gasteiger partial charge in [-0.1, -0.05) is 6.07 Å². The molecule has 1 N–H and O–H groups in total. The van der Waals surface area contributed by atoms with E-state index in [2.05, 4.69) is 41.1 Å². The van der Waals surface area contributed by atoms with E-state index in [0.29, 0.717) is 6.04 Å². The van der Waals surface area contributed by atoms with E-state index >= 15 is 0 Å². The summed E-state index contributed by atoms with van der Waals surface area (Å²) in [4.78, 5) is 7.35. The molecule has 112 valence electrons. The molecule has 1 saturated heterocycles. The summed E-state index contributed by atoms with van der Waals surface area (Å²) in [6.45, 7) is 8.99. The second-order valence-electron chi connectivity index (χ2n) is 6.40. The van der Waals surface area contributed by atoms with Gasteiger partial charge < -0.3 is 4.90 Å². The summed E-state index contributed by atoms with van der Waals surface area (Å²) in [5.74, 6) is 0.732. The van der Waals surface area contributed by atoms with Crippen LogP contribution in [0.3, 0.4) is 0 Å². The lowest BCUT2D eigenvalue weighted by Crippen LogP contribution is -2.28. The zero-order chi connectivity index (χ0) is 14.8. The van der Waals surface area contributed by atoms with Crippen LogP contribution in [0.25, 0.3) is 11.4 Å². The Balaban J connectivity index is 1.70. The Hall–Kier alpha value is -1.68. The van der Waals surface area contributed by atoms with Gasteiger partial charge in [-0.3, -0.25) is 10.1 Å². The molecule has 0 aromatic carbocycles. The third kappa shape index (κ3) is 3.32. The minimum Gasteiger partial charge on any atom is -0.301 e. The number of nitrogens with zero attached hydrogens (tertiary/aromatic N) is 3. The Morgan fingerprint density at radius 3 is 2.86 bits per heavy atom. The normalized spacial score (nSPS) is 19.5. The highest BCUT2D eigenvalue weighted by Gasteiger charge is 2.24. The number of hydrogen-bond acceptors (Lipinski definition) is 3. The Bertz CT molecular complexity index is 602. The Labute approximate surface area is 126 Å². The molecule has 4 nitrogen and oxygen atoms in total. The van der Waals surface area contributed by atoms with Gasteiger partial charge in [0, 0.05) is 24.0 Å². The van der Waals surface area contributed by atoms with Crippen LogP contribution in [0.5, 0.6) is 0 Å². The van der Waals surface area contributed by atoms with E-state index in [1.165, 1.54) is 25.2 Å². The molecule has 0 radical (unpaired) electrons. The second kappa shape index (κ2) is 5.98. The van der Waals surface area contributed by atoms with E-state index in [4.69, 9.17) is 4.98 Å². The molecule has 1 aliphatic heterocycles. The summed E-state index contributed by atoms with van der Waals surface area (Å²) in [5.41, 5.74) is 4.16. The smallest absolute Gasteiger partial charge is 0.111 e. The molecule has 0 spiro atoms. The minimum atomic E-state index is 0.654. The van der Waals surface area contributed by atoms with Crippen LogP contribution < -0.4 is 0 Å². The molecule has 2 aromatic heterocycles. The standard InChI is InChI=1S/C17H24N4/c1-12(2)21-8-7-14(11-21)10-15-5-4-6-16(18-15)17-9-13(3)19-20-17/h4-6,9,12,14H,7-8,10-11H2,1-3H3,(H,19,20)/t14-/m0/s1.